The number of rotatable bonds is 2. The molecule has 0 radical (unpaired) electrons. The number of furan rings is 1. The third-order valence-corrected chi connectivity index (χ3v) is 9.43. The van der Waals surface area contributed by atoms with E-state index in [0.29, 0.717) is 0 Å². The molecule has 8 aromatic rings. The van der Waals surface area contributed by atoms with Crippen LogP contribution in [0.4, 0.5) is 0 Å². The van der Waals surface area contributed by atoms with Crippen LogP contribution in [-0.2, 0) is 0 Å². The summed E-state index contributed by atoms with van der Waals surface area (Å²) >= 11 is 1.87. The molecule has 0 saturated carbocycles. The van der Waals surface area contributed by atoms with E-state index in [9.17, 15) is 0 Å². The largest absolute Gasteiger partial charge is 0.456 e. The number of hydrogen-bond donors (Lipinski definition) is 0. The lowest BCUT2D eigenvalue weighted by Gasteiger charge is -2.21. The predicted molar refractivity (Wildman–Crippen MR) is 169 cm³/mol. The van der Waals surface area contributed by atoms with Gasteiger partial charge in [0.25, 0.3) is 0 Å². The van der Waals surface area contributed by atoms with E-state index in [1.54, 1.807) is 0 Å². The average molecular weight is 527 g/mol. The molecule has 7 aromatic carbocycles. The van der Waals surface area contributed by atoms with Gasteiger partial charge in [0, 0.05) is 25.9 Å². The van der Waals surface area contributed by atoms with Gasteiger partial charge < -0.3 is 4.42 Å². The van der Waals surface area contributed by atoms with E-state index >= 15 is 0 Å². The van der Waals surface area contributed by atoms with Gasteiger partial charge in [-0.25, -0.2) is 0 Å². The molecule has 1 nitrogen and oxygen atoms in total. The Kier molecular flexibility index (Phi) is 4.61. The first-order valence-electron chi connectivity index (χ1n) is 13.6. The molecular weight excluding hydrogens is 504 g/mol. The minimum absolute atomic E-state index is 0.925. The van der Waals surface area contributed by atoms with E-state index < -0.39 is 0 Å². The molecule has 40 heavy (non-hydrogen) atoms. The lowest BCUT2D eigenvalue weighted by atomic mass is 9.91. The Morgan fingerprint density at radius 1 is 0.375 bits per heavy atom. The van der Waals surface area contributed by atoms with Crippen LogP contribution in [0, 0.1) is 0 Å². The highest BCUT2D eigenvalue weighted by atomic mass is 32.2. The molecule has 0 bridgehead atoms. The van der Waals surface area contributed by atoms with Gasteiger partial charge in [-0.2, -0.15) is 0 Å². The first kappa shape index (κ1) is 22.1. The molecule has 0 amide bonds. The highest BCUT2D eigenvalue weighted by Crippen LogP contribution is 2.49. The molecule has 1 aromatic heterocycles. The molecule has 0 N–H and O–H groups in total. The van der Waals surface area contributed by atoms with E-state index in [0.717, 1.165) is 11.2 Å². The van der Waals surface area contributed by atoms with Crippen LogP contribution in [0.25, 0.3) is 76.9 Å². The van der Waals surface area contributed by atoms with E-state index in [1.807, 2.05) is 11.8 Å². The van der Waals surface area contributed by atoms with Crippen LogP contribution in [0.3, 0.4) is 0 Å². The molecule has 2 heterocycles. The third kappa shape index (κ3) is 3.11. The van der Waals surface area contributed by atoms with E-state index in [2.05, 4.69) is 133 Å². The fourth-order valence-corrected chi connectivity index (χ4v) is 7.62. The fourth-order valence-electron chi connectivity index (χ4n) is 6.49. The highest BCUT2D eigenvalue weighted by molar-refractivity contribution is 7.99. The second kappa shape index (κ2) is 8.35. The summed E-state index contributed by atoms with van der Waals surface area (Å²) < 4.78 is 6.33. The third-order valence-electron chi connectivity index (χ3n) is 8.29. The van der Waals surface area contributed by atoms with Crippen LogP contribution in [0.2, 0.25) is 0 Å². The molecule has 0 spiro atoms. The van der Waals surface area contributed by atoms with Crippen molar-refractivity contribution < 1.29 is 4.42 Å². The van der Waals surface area contributed by atoms with Crippen LogP contribution < -0.4 is 0 Å². The summed E-state index contributed by atoms with van der Waals surface area (Å²) in [5.74, 6) is 0. The van der Waals surface area contributed by atoms with Crippen molar-refractivity contribution in [2.24, 2.45) is 0 Å². The van der Waals surface area contributed by atoms with Crippen LogP contribution in [0.1, 0.15) is 0 Å². The van der Waals surface area contributed by atoms with Gasteiger partial charge in [-0.15, -0.1) is 0 Å². The lowest BCUT2D eigenvalue weighted by molar-refractivity contribution is 0.669. The Labute approximate surface area is 235 Å². The van der Waals surface area contributed by atoms with E-state index in [-0.39, 0.29) is 0 Å². The zero-order chi connectivity index (χ0) is 26.2. The normalized spacial score (nSPS) is 12.4. The number of hydrogen-bond acceptors (Lipinski definition) is 2. The molecule has 0 unspecified atom stereocenters. The second-order valence-electron chi connectivity index (χ2n) is 10.5. The van der Waals surface area contributed by atoms with Crippen molar-refractivity contribution in [2.45, 2.75) is 9.79 Å². The van der Waals surface area contributed by atoms with Crippen LogP contribution in [0.5, 0.6) is 0 Å². The summed E-state index contributed by atoms with van der Waals surface area (Å²) in [6.45, 7) is 0. The monoisotopic (exact) mass is 526 g/mol. The van der Waals surface area contributed by atoms with Gasteiger partial charge in [0.2, 0.25) is 0 Å². The van der Waals surface area contributed by atoms with Gasteiger partial charge in [-0.05, 0) is 73.8 Å². The molecule has 0 atom stereocenters. The summed E-state index contributed by atoms with van der Waals surface area (Å²) in [6.07, 6.45) is 0. The molecule has 186 valence electrons. The SMILES string of the molecule is c1ccc2c(c1)Sc1ccc(-c3ccc(-c4cccc5oc6ccc7ccccc7c6c45)cc3)c3cccc-2c13. The predicted octanol–water partition coefficient (Wildman–Crippen LogP) is 11.4. The molecule has 0 fully saturated rings. The minimum Gasteiger partial charge on any atom is -0.456 e. The van der Waals surface area contributed by atoms with Crippen molar-refractivity contribution in [2.75, 3.05) is 0 Å². The molecule has 1 aliphatic rings. The molecule has 2 heteroatoms. The van der Waals surface area contributed by atoms with Gasteiger partial charge in [-0.1, -0.05) is 121 Å². The Bertz CT molecular complexity index is 2290. The van der Waals surface area contributed by atoms with E-state index in [1.165, 1.54) is 75.5 Å². The molecule has 1 aliphatic heterocycles. The van der Waals surface area contributed by atoms with Gasteiger partial charge in [0.1, 0.15) is 11.2 Å². The standard InChI is InChI=1S/C38H22OS/c1-2-8-27-23(7-1)19-21-33-38(27)37-28(10-6-13-32(37)39-33)25-17-15-24(16-18-25)26-20-22-35-36-30(26)11-5-12-31(36)29-9-3-4-14-34(29)40-35/h1-22H. The molecule has 0 saturated heterocycles. The first-order chi connectivity index (χ1) is 19.8. The van der Waals surface area contributed by atoms with Crippen LogP contribution in [0.15, 0.2) is 148 Å². The smallest absolute Gasteiger partial charge is 0.136 e. The zero-order valence-electron chi connectivity index (χ0n) is 21.5. The lowest BCUT2D eigenvalue weighted by Crippen LogP contribution is -1.94. The fraction of sp³-hybridized carbons (Fsp3) is 0. The summed E-state index contributed by atoms with van der Waals surface area (Å²) in [7, 11) is 0. The minimum atomic E-state index is 0.925. The maximum absolute atomic E-state index is 6.33. The highest BCUT2D eigenvalue weighted by Gasteiger charge is 2.20. The van der Waals surface area contributed by atoms with E-state index in [4.69, 9.17) is 4.42 Å². The van der Waals surface area contributed by atoms with Crippen molar-refractivity contribution in [1.29, 1.82) is 0 Å². The van der Waals surface area contributed by atoms with Crippen LogP contribution >= 0.6 is 11.8 Å². The van der Waals surface area contributed by atoms with Gasteiger partial charge >= 0.3 is 0 Å². The van der Waals surface area contributed by atoms with Crippen molar-refractivity contribution >= 4 is 55.2 Å². The summed E-state index contributed by atoms with van der Waals surface area (Å²) in [5.41, 5.74) is 9.39. The summed E-state index contributed by atoms with van der Waals surface area (Å²) in [6, 6.07) is 48.3. The van der Waals surface area contributed by atoms with Crippen molar-refractivity contribution in [3.63, 3.8) is 0 Å². The maximum atomic E-state index is 6.33. The summed E-state index contributed by atoms with van der Waals surface area (Å²) in [5, 5.41) is 7.49. The Morgan fingerprint density at radius 3 is 2.00 bits per heavy atom. The first-order valence-corrected chi connectivity index (χ1v) is 14.4. The number of benzene rings is 7. The quantitative estimate of drug-likeness (QED) is 0.222. The van der Waals surface area contributed by atoms with Crippen molar-refractivity contribution in [1.82, 2.24) is 0 Å². The average Bonchev–Trinajstić information content (AvgIpc) is 3.41. The number of fused-ring (bicyclic) bond motifs is 7. The topological polar surface area (TPSA) is 13.1 Å². The Balaban J connectivity index is 1.21. The van der Waals surface area contributed by atoms with Crippen molar-refractivity contribution in [3.05, 3.63) is 133 Å². The van der Waals surface area contributed by atoms with Gasteiger partial charge in [0.05, 0.1) is 0 Å². The molecule has 0 aliphatic carbocycles. The van der Waals surface area contributed by atoms with Crippen LogP contribution in [-0.4, -0.2) is 0 Å². The second-order valence-corrected chi connectivity index (χ2v) is 11.5. The Hall–Kier alpha value is -4.79. The molecule has 9 rings (SSSR count). The zero-order valence-corrected chi connectivity index (χ0v) is 22.3. The van der Waals surface area contributed by atoms with Gasteiger partial charge in [-0.3, -0.25) is 0 Å². The molecular formula is C38H22OS. The maximum Gasteiger partial charge on any atom is 0.136 e. The summed E-state index contributed by atoms with van der Waals surface area (Å²) in [4.78, 5) is 2.66. The van der Waals surface area contributed by atoms with Crippen molar-refractivity contribution in [3.8, 4) is 33.4 Å². The Morgan fingerprint density at radius 2 is 1.07 bits per heavy atom. The van der Waals surface area contributed by atoms with Gasteiger partial charge in [0.15, 0.2) is 0 Å².